The average Bonchev–Trinajstić information content (AvgIpc) is 3.32. The first kappa shape index (κ1) is 25.5. The number of hydrogen-bond donors (Lipinski definition) is 0. The van der Waals surface area contributed by atoms with Crippen molar-refractivity contribution in [2.24, 2.45) is 7.05 Å². The minimum Gasteiger partial charge on any atom is -0.320 e. The molecule has 0 radical (unpaired) electrons. The van der Waals surface area contributed by atoms with Gasteiger partial charge in [-0.2, -0.15) is 5.10 Å². The van der Waals surface area contributed by atoms with Crippen molar-refractivity contribution in [3.05, 3.63) is 47.4 Å². The Morgan fingerprint density at radius 1 is 1.09 bits per heavy atom. The normalized spacial score (nSPS) is 27.9. The summed E-state index contributed by atoms with van der Waals surface area (Å²) in [6.45, 7) is 7.38. The van der Waals surface area contributed by atoms with Crippen molar-refractivity contribution in [2.75, 3.05) is 45.9 Å². The van der Waals surface area contributed by atoms with Crippen LogP contribution < -0.4 is 4.90 Å². The number of hydrogen-bond acceptors (Lipinski definition) is 3. The molecular weight excluding hydrogens is 467 g/mol. The molecule has 2 unspecified atom stereocenters. The quantitative estimate of drug-likeness (QED) is 0.520. The molecule has 1 saturated heterocycles. The predicted molar refractivity (Wildman–Crippen MR) is 143 cm³/mol. The first-order chi connectivity index (χ1) is 16.0. The van der Waals surface area contributed by atoms with E-state index in [4.69, 9.17) is 5.10 Å². The van der Waals surface area contributed by atoms with E-state index in [-0.39, 0.29) is 27.8 Å². The molecule has 6 nitrogen and oxygen atoms in total. The molecule has 34 heavy (non-hydrogen) atoms. The zero-order valence-corrected chi connectivity index (χ0v) is 23.4. The second-order valence-corrected chi connectivity index (χ2v) is 13.7. The largest absolute Gasteiger partial charge is 0.326 e. The Kier molecular flexibility index (Phi) is 6.87. The van der Waals surface area contributed by atoms with E-state index in [0.29, 0.717) is 6.54 Å². The Bertz CT molecular complexity index is 1060. The predicted octanol–water partition coefficient (Wildman–Crippen LogP) is 4.99. The van der Waals surface area contributed by atoms with Crippen LogP contribution in [0.3, 0.4) is 0 Å². The number of amides is 2. The van der Waals surface area contributed by atoms with Gasteiger partial charge in [0.05, 0.1) is 17.8 Å². The molecule has 1 saturated carbocycles. The molecule has 186 valence electrons. The van der Waals surface area contributed by atoms with E-state index in [1.54, 1.807) is 12.1 Å². The van der Waals surface area contributed by atoms with E-state index < -0.39 is 0 Å². The molecule has 1 aromatic carbocycles. The summed E-state index contributed by atoms with van der Waals surface area (Å²) in [7, 11) is 9.55. The molecule has 1 aliphatic heterocycles. The van der Waals surface area contributed by atoms with Crippen LogP contribution in [0.15, 0.2) is 30.3 Å². The Balaban J connectivity index is 1.61. The fourth-order valence-electron chi connectivity index (χ4n) is 5.76. The van der Waals surface area contributed by atoms with Gasteiger partial charge < -0.3 is 4.90 Å². The van der Waals surface area contributed by atoms with Gasteiger partial charge in [-0.25, -0.2) is 9.18 Å². The number of likely N-dealkylation sites (N-methyl/N-ethyl adjacent to an activating group) is 1. The lowest BCUT2D eigenvalue weighted by molar-refractivity contribution is 0.0339. The molecule has 1 aromatic heterocycles. The van der Waals surface area contributed by atoms with Gasteiger partial charge in [-0.05, 0) is 77.7 Å². The third-order valence-corrected chi connectivity index (χ3v) is 12.6. The fourth-order valence-corrected chi connectivity index (χ4v) is 7.52. The minimum atomic E-state index is -0.226. The second kappa shape index (κ2) is 9.15. The van der Waals surface area contributed by atoms with Crippen LogP contribution in [0.4, 0.5) is 15.0 Å². The number of aryl methyl sites for hydroxylation is 1. The molecule has 0 N–H and O–H groups in total. The maximum Gasteiger partial charge on any atom is 0.326 e. The summed E-state index contributed by atoms with van der Waals surface area (Å²) >= 11 is 0. The smallest absolute Gasteiger partial charge is 0.320 e. The summed E-state index contributed by atoms with van der Waals surface area (Å²) in [6.07, 6.45) is 3.49. The Morgan fingerprint density at radius 2 is 1.74 bits per heavy atom. The standard InChI is InChI=1S/C25H38FN5OP2/c1-23(33-6,34-7)20-16-21(30(5)27-20)31-17-24(29(4)22(31)32)11-13-25(14-12-24,28(2)3)18-9-8-10-19(26)15-18/h8-10,15-16,33-34H,11-14,17H2,1-7H3. The number of benzene rings is 1. The molecular formula is C25H38FN5OP2. The number of aromatic nitrogens is 2. The summed E-state index contributed by atoms with van der Waals surface area (Å²) in [6, 6.07) is 9.17. The van der Waals surface area contributed by atoms with Crippen LogP contribution in [0.25, 0.3) is 0 Å². The van der Waals surface area contributed by atoms with Gasteiger partial charge in [0.25, 0.3) is 0 Å². The van der Waals surface area contributed by atoms with Crippen molar-refractivity contribution in [3.63, 3.8) is 0 Å². The maximum atomic E-state index is 14.1. The summed E-state index contributed by atoms with van der Waals surface area (Å²) in [4.78, 5) is 19.7. The van der Waals surface area contributed by atoms with E-state index in [9.17, 15) is 9.18 Å². The van der Waals surface area contributed by atoms with Gasteiger partial charge in [0.2, 0.25) is 0 Å². The highest BCUT2D eigenvalue weighted by Crippen LogP contribution is 2.52. The number of nitrogens with zero attached hydrogens (tertiary/aromatic N) is 5. The molecule has 2 heterocycles. The number of urea groups is 1. The topological polar surface area (TPSA) is 44.6 Å². The number of rotatable bonds is 6. The van der Waals surface area contributed by atoms with Gasteiger partial charge in [-0.1, -0.05) is 12.1 Å². The van der Waals surface area contributed by atoms with Crippen LogP contribution >= 0.6 is 17.2 Å². The van der Waals surface area contributed by atoms with Crippen molar-refractivity contribution in [1.82, 2.24) is 19.6 Å². The van der Waals surface area contributed by atoms with Crippen LogP contribution in [-0.2, 0) is 17.5 Å². The SMILES string of the molecule is CPC(C)(PC)c1cc(N2CC3(CCC(c4cccc(F)c4)(N(C)C)CC3)N(C)C2=O)n(C)n1. The highest BCUT2D eigenvalue weighted by atomic mass is 31.1. The van der Waals surface area contributed by atoms with E-state index in [0.717, 1.165) is 59.9 Å². The molecule has 1 aliphatic carbocycles. The second-order valence-electron chi connectivity index (χ2n) is 10.2. The average molecular weight is 506 g/mol. The summed E-state index contributed by atoms with van der Waals surface area (Å²) < 4.78 is 16.0. The van der Waals surface area contributed by atoms with Gasteiger partial charge >= 0.3 is 6.03 Å². The maximum absolute atomic E-state index is 14.1. The van der Waals surface area contributed by atoms with E-state index in [2.05, 4.69) is 45.3 Å². The monoisotopic (exact) mass is 505 g/mol. The molecule has 2 aliphatic rings. The molecule has 4 rings (SSSR count). The molecule has 2 fully saturated rings. The van der Waals surface area contributed by atoms with Crippen molar-refractivity contribution >= 4 is 29.0 Å². The van der Waals surface area contributed by atoms with Gasteiger partial charge in [0.15, 0.2) is 0 Å². The first-order valence-electron chi connectivity index (χ1n) is 11.9. The molecule has 0 bridgehead atoms. The number of carbonyl (C=O) groups excluding carboxylic acids is 1. The summed E-state index contributed by atoms with van der Waals surface area (Å²) in [5.41, 5.74) is 1.64. The van der Waals surface area contributed by atoms with Gasteiger partial charge in [-0.15, -0.1) is 17.2 Å². The van der Waals surface area contributed by atoms with Crippen molar-refractivity contribution in [2.45, 2.75) is 48.6 Å². The zero-order chi connectivity index (χ0) is 24.9. The zero-order valence-electron chi connectivity index (χ0n) is 21.4. The van der Waals surface area contributed by atoms with Crippen LogP contribution in [-0.4, -0.2) is 72.2 Å². The molecule has 2 amide bonds. The van der Waals surface area contributed by atoms with E-state index in [1.807, 2.05) is 34.6 Å². The molecule has 2 atom stereocenters. The molecule has 1 spiro atoms. The van der Waals surface area contributed by atoms with Crippen molar-refractivity contribution < 1.29 is 9.18 Å². The number of anilines is 1. The van der Waals surface area contributed by atoms with Crippen LogP contribution in [0.2, 0.25) is 0 Å². The van der Waals surface area contributed by atoms with Crippen molar-refractivity contribution in [1.29, 1.82) is 0 Å². The van der Waals surface area contributed by atoms with E-state index >= 15 is 0 Å². The Hall–Kier alpha value is -1.55. The number of carbonyl (C=O) groups is 1. The van der Waals surface area contributed by atoms with Crippen molar-refractivity contribution in [3.8, 4) is 0 Å². The first-order valence-corrected chi connectivity index (χ1v) is 14.9. The number of halogens is 1. The third kappa shape index (κ3) is 3.98. The summed E-state index contributed by atoms with van der Waals surface area (Å²) in [5.74, 6) is 0.679. The van der Waals surface area contributed by atoms with Crippen LogP contribution in [0.1, 0.15) is 43.9 Å². The van der Waals surface area contributed by atoms with Crippen LogP contribution in [0, 0.1) is 5.82 Å². The highest BCUT2D eigenvalue weighted by Gasteiger charge is 2.54. The highest BCUT2D eigenvalue weighted by molar-refractivity contribution is 7.57. The molecule has 2 aromatic rings. The lowest BCUT2D eigenvalue weighted by Gasteiger charge is -2.50. The summed E-state index contributed by atoms with van der Waals surface area (Å²) in [5, 5.41) is 4.83. The Labute approximate surface area is 206 Å². The molecule has 9 heteroatoms. The minimum absolute atomic E-state index is 0.0391. The third-order valence-electron chi connectivity index (χ3n) is 8.55. The fraction of sp³-hybridized carbons (Fsp3) is 0.600. The lowest BCUT2D eigenvalue weighted by atomic mass is 9.68. The van der Waals surface area contributed by atoms with Gasteiger partial charge in [-0.3, -0.25) is 14.5 Å². The Morgan fingerprint density at radius 3 is 2.29 bits per heavy atom. The van der Waals surface area contributed by atoms with E-state index in [1.165, 1.54) is 6.07 Å². The van der Waals surface area contributed by atoms with Gasteiger partial charge in [0, 0.05) is 30.6 Å². The lowest BCUT2D eigenvalue weighted by Crippen LogP contribution is -2.54. The van der Waals surface area contributed by atoms with Crippen LogP contribution in [0.5, 0.6) is 0 Å². The van der Waals surface area contributed by atoms with Gasteiger partial charge in [0.1, 0.15) is 11.6 Å².